The van der Waals surface area contributed by atoms with Crippen molar-refractivity contribution in [3.05, 3.63) is 40.3 Å². The van der Waals surface area contributed by atoms with Crippen molar-refractivity contribution in [2.75, 3.05) is 0 Å². The number of carbonyl (C=O) groups excluding carboxylic acids is 2. The summed E-state index contributed by atoms with van der Waals surface area (Å²) in [6.45, 7) is 4.15. The van der Waals surface area contributed by atoms with Crippen LogP contribution in [0.2, 0.25) is 0 Å². The van der Waals surface area contributed by atoms with Crippen LogP contribution in [0.4, 0.5) is 0 Å². The van der Waals surface area contributed by atoms with Crippen molar-refractivity contribution in [2.45, 2.75) is 26.4 Å². The summed E-state index contributed by atoms with van der Waals surface area (Å²) < 4.78 is 0. The second-order valence-corrected chi connectivity index (χ2v) is 5.92. The fraction of sp³-hybridized carbons (Fsp3) is 0.357. The van der Waals surface area contributed by atoms with Crippen LogP contribution in [0.5, 0.6) is 0 Å². The summed E-state index contributed by atoms with van der Waals surface area (Å²) in [6.07, 6.45) is 1.62. The molecule has 3 N–H and O–H groups in total. The zero-order valence-corrected chi connectivity index (χ0v) is 12.7. The second-order valence-electron chi connectivity index (χ2n) is 4.97. The van der Waals surface area contributed by atoms with Crippen molar-refractivity contribution >= 4 is 23.2 Å². The van der Waals surface area contributed by atoms with E-state index < -0.39 is 6.04 Å². The van der Waals surface area contributed by atoms with E-state index in [2.05, 4.69) is 20.8 Å². The number of nitrogens with zero attached hydrogens (tertiary/aromatic N) is 1. The van der Waals surface area contributed by atoms with Crippen LogP contribution in [-0.4, -0.2) is 28.1 Å². The third kappa shape index (κ3) is 4.16. The molecule has 7 heteroatoms. The maximum Gasteiger partial charge on any atom is 0.262 e. The Morgan fingerprint density at radius 1 is 1.38 bits per heavy atom. The molecule has 0 aliphatic rings. The summed E-state index contributed by atoms with van der Waals surface area (Å²) >= 11 is 1.35. The van der Waals surface area contributed by atoms with Crippen LogP contribution in [0.3, 0.4) is 0 Å². The number of H-pyrrole nitrogens is 1. The number of aromatic nitrogens is 2. The summed E-state index contributed by atoms with van der Waals surface area (Å²) in [5.74, 6) is -0.430. The van der Waals surface area contributed by atoms with Gasteiger partial charge in [0, 0.05) is 6.20 Å². The topological polar surface area (TPSA) is 86.9 Å². The molecule has 2 aromatic heterocycles. The molecule has 2 amide bonds. The third-order valence-corrected chi connectivity index (χ3v) is 3.86. The van der Waals surface area contributed by atoms with E-state index in [9.17, 15) is 9.59 Å². The summed E-state index contributed by atoms with van der Waals surface area (Å²) in [5, 5.41) is 14.0. The van der Waals surface area contributed by atoms with Gasteiger partial charge in [0.05, 0.1) is 17.1 Å². The second kappa shape index (κ2) is 7.03. The van der Waals surface area contributed by atoms with Gasteiger partial charge in [0.2, 0.25) is 5.91 Å². The number of amides is 2. The Kier molecular flexibility index (Phi) is 5.10. The monoisotopic (exact) mass is 306 g/mol. The SMILES string of the molecule is CC(C)[C@H](NC(=O)c1cccs1)C(=O)NCc1ccn[nH]1. The van der Waals surface area contributed by atoms with Gasteiger partial charge in [-0.05, 0) is 23.4 Å². The Balaban J connectivity index is 1.94. The molecule has 0 spiro atoms. The first kappa shape index (κ1) is 15.2. The Labute approximate surface area is 127 Å². The normalized spacial score (nSPS) is 12.1. The highest BCUT2D eigenvalue weighted by Crippen LogP contribution is 2.10. The predicted octanol–water partition coefficient (Wildman–Crippen LogP) is 1.54. The van der Waals surface area contributed by atoms with Gasteiger partial charge in [0.15, 0.2) is 0 Å². The molecular weight excluding hydrogens is 288 g/mol. The van der Waals surface area contributed by atoms with Crippen LogP contribution in [0, 0.1) is 5.92 Å². The minimum absolute atomic E-state index is 0.00400. The largest absolute Gasteiger partial charge is 0.349 e. The van der Waals surface area contributed by atoms with Crippen LogP contribution in [0.15, 0.2) is 29.8 Å². The molecule has 0 bridgehead atoms. The number of hydrogen-bond acceptors (Lipinski definition) is 4. The molecule has 0 saturated heterocycles. The Hall–Kier alpha value is -2.15. The quantitative estimate of drug-likeness (QED) is 0.756. The van der Waals surface area contributed by atoms with E-state index in [0.717, 1.165) is 5.69 Å². The van der Waals surface area contributed by atoms with Crippen molar-refractivity contribution in [2.24, 2.45) is 5.92 Å². The van der Waals surface area contributed by atoms with Gasteiger partial charge in [-0.15, -0.1) is 11.3 Å². The number of rotatable bonds is 6. The van der Waals surface area contributed by atoms with Crippen LogP contribution in [0.1, 0.15) is 29.2 Å². The van der Waals surface area contributed by atoms with E-state index in [4.69, 9.17) is 0 Å². The molecule has 0 radical (unpaired) electrons. The number of thiophene rings is 1. The van der Waals surface area contributed by atoms with Crippen LogP contribution < -0.4 is 10.6 Å². The summed E-state index contributed by atoms with van der Waals surface area (Å²) in [6, 6.07) is 4.76. The molecule has 2 rings (SSSR count). The van der Waals surface area contributed by atoms with Gasteiger partial charge in [0.1, 0.15) is 6.04 Å². The first-order valence-corrected chi connectivity index (χ1v) is 7.56. The molecule has 0 fully saturated rings. The van der Waals surface area contributed by atoms with Gasteiger partial charge in [-0.1, -0.05) is 19.9 Å². The Morgan fingerprint density at radius 2 is 2.19 bits per heavy atom. The van der Waals surface area contributed by atoms with Crippen molar-refractivity contribution in [1.82, 2.24) is 20.8 Å². The molecule has 0 aromatic carbocycles. The van der Waals surface area contributed by atoms with Gasteiger partial charge in [-0.2, -0.15) is 5.10 Å². The Bertz CT molecular complexity index is 578. The molecule has 21 heavy (non-hydrogen) atoms. The maximum atomic E-state index is 12.2. The van der Waals surface area contributed by atoms with E-state index in [1.54, 1.807) is 18.3 Å². The molecular formula is C14H18N4O2S. The van der Waals surface area contributed by atoms with E-state index in [1.165, 1.54) is 11.3 Å². The van der Waals surface area contributed by atoms with Crippen molar-refractivity contribution < 1.29 is 9.59 Å². The lowest BCUT2D eigenvalue weighted by molar-refractivity contribution is -0.124. The van der Waals surface area contributed by atoms with E-state index in [1.807, 2.05) is 25.3 Å². The minimum Gasteiger partial charge on any atom is -0.349 e. The van der Waals surface area contributed by atoms with Crippen LogP contribution >= 0.6 is 11.3 Å². The van der Waals surface area contributed by atoms with Gasteiger partial charge in [-0.3, -0.25) is 14.7 Å². The highest BCUT2D eigenvalue weighted by atomic mass is 32.1. The Morgan fingerprint density at radius 3 is 2.76 bits per heavy atom. The third-order valence-electron chi connectivity index (χ3n) is 2.99. The van der Waals surface area contributed by atoms with E-state index >= 15 is 0 Å². The lowest BCUT2D eigenvalue weighted by Crippen LogP contribution is -2.49. The van der Waals surface area contributed by atoms with Gasteiger partial charge in [0.25, 0.3) is 5.91 Å². The van der Waals surface area contributed by atoms with Gasteiger partial charge < -0.3 is 10.6 Å². The lowest BCUT2D eigenvalue weighted by atomic mass is 10.0. The van der Waals surface area contributed by atoms with E-state index in [0.29, 0.717) is 11.4 Å². The molecule has 0 aliphatic heterocycles. The van der Waals surface area contributed by atoms with Gasteiger partial charge in [-0.25, -0.2) is 0 Å². The first-order chi connectivity index (χ1) is 10.1. The fourth-order valence-electron chi connectivity index (χ4n) is 1.83. The molecule has 6 nitrogen and oxygen atoms in total. The zero-order chi connectivity index (χ0) is 15.2. The van der Waals surface area contributed by atoms with Crippen LogP contribution in [-0.2, 0) is 11.3 Å². The van der Waals surface area contributed by atoms with Crippen molar-refractivity contribution in [1.29, 1.82) is 0 Å². The summed E-state index contributed by atoms with van der Waals surface area (Å²) in [4.78, 5) is 24.9. The smallest absolute Gasteiger partial charge is 0.262 e. The standard InChI is InChI=1S/C14H18N4O2S/c1-9(2)12(17-13(19)11-4-3-7-21-11)14(20)15-8-10-5-6-16-18-10/h3-7,9,12H,8H2,1-2H3,(H,15,20)(H,16,18)(H,17,19)/t12-/m0/s1. The van der Waals surface area contributed by atoms with Crippen LogP contribution in [0.25, 0.3) is 0 Å². The van der Waals surface area contributed by atoms with Gasteiger partial charge >= 0.3 is 0 Å². The molecule has 2 aromatic rings. The number of carbonyl (C=O) groups is 2. The molecule has 0 unspecified atom stereocenters. The highest BCUT2D eigenvalue weighted by molar-refractivity contribution is 7.12. The lowest BCUT2D eigenvalue weighted by Gasteiger charge is -2.21. The number of hydrogen-bond donors (Lipinski definition) is 3. The maximum absolute atomic E-state index is 12.2. The molecule has 0 saturated carbocycles. The molecule has 2 heterocycles. The summed E-state index contributed by atoms with van der Waals surface area (Å²) in [5.41, 5.74) is 0.815. The predicted molar refractivity (Wildman–Crippen MR) is 80.8 cm³/mol. The number of aromatic amines is 1. The van der Waals surface area contributed by atoms with Crippen molar-refractivity contribution in [3.8, 4) is 0 Å². The molecule has 1 atom stereocenters. The van der Waals surface area contributed by atoms with Crippen molar-refractivity contribution in [3.63, 3.8) is 0 Å². The number of nitrogens with one attached hydrogen (secondary N) is 3. The average molecular weight is 306 g/mol. The summed E-state index contributed by atoms with van der Waals surface area (Å²) in [7, 11) is 0. The fourth-order valence-corrected chi connectivity index (χ4v) is 2.46. The first-order valence-electron chi connectivity index (χ1n) is 6.68. The molecule has 0 aliphatic carbocycles. The molecule has 112 valence electrons. The minimum atomic E-state index is -0.567. The zero-order valence-electron chi connectivity index (χ0n) is 11.9. The van der Waals surface area contributed by atoms with E-state index in [-0.39, 0.29) is 17.7 Å². The average Bonchev–Trinajstić information content (AvgIpc) is 3.13. The highest BCUT2D eigenvalue weighted by Gasteiger charge is 2.24.